The lowest BCUT2D eigenvalue weighted by molar-refractivity contribution is -0.141. The number of urea groups is 1. The lowest BCUT2D eigenvalue weighted by Gasteiger charge is -2.19. The van der Waals surface area contributed by atoms with Gasteiger partial charge in [-0.3, -0.25) is 4.79 Å². The Hall–Kier alpha value is -1.98. The average molecular weight is 254 g/mol. The summed E-state index contributed by atoms with van der Waals surface area (Å²) in [6.45, 7) is 4.98. The van der Waals surface area contributed by atoms with E-state index in [1.54, 1.807) is 32.9 Å². The lowest BCUT2D eigenvalue weighted by Crippen LogP contribution is -2.45. The number of aliphatic carboxylic acids is 1. The van der Waals surface area contributed by atoms with Gasteiger partial charge in [0.2, 0.25) is 0 Å². The van der Waals surface area contributed by atoms with E-state index in [-0.39, 0.29) is 6.04 Å². The topological polar surface area (TPSA) is 91.6 Å². The summed E-state index contributed by atoms with van der Waals surface area (Å²) in [5, 5.41) is 14.1. The van der Waals surface area contributed by atoms with Crippen LogP contribution in [-0.4, -0.2) is 23.1 Å². The monoisotopic (exact) mass is 254 g/mol. The van der Waals surface area contributed by atoms with Crippen LogP contribution < -0.4 is 10.6 Å². The molecule has 1 rings (SSSR count). The van der Waals surface area contributed by atoms with Crippen LogP contribution in [0.1, 0.15) is 32.6 Å². The highest BCUT2D eigenvalue weighted by Crippen LogP contribution is 2.12. The van der Waals surface area contributed by atoms with Crippen LogP contribution in [0, 0.1) is 5.92 Å². The fourth-order valence-corrected chi connectivity index (χ4v) is 1.39. The first-order valence-electron chi connectivity index (χ1n) is 5.75. The van der Waals surface area contributed by atoms with Crippen molar-refractivity contribution in [2.45, 2.75) is 32.9 Å². The Morgan fingerprint density at radius 1 is 1.28 bits per heavy atom. The van der Waals surface area contributed by atoms with E-state index >= 15 is 0 Å². The van der Waals surface area contributed by atoms with Crippen LogP contribution >= 0.6 is 0 Å². The number of amides is 2. The first-order chi connectivity index (χ1) is 8.41. The van der Waals surface area contributed by atoms with Crippen molar-refractivity contribution in [3.05, 3.63) is 24.2 Å². The molecule has 0 fully saturated rings. The van der Waals surface area contributed by atoms with E-state index in [4.69, 9.17) is 9.52 Å². The molecule has 0 bridgehead atoms. The maximum absolute atomic E-state index is 11.6. The van der Waals surface area contributed by atoms with Crippen LogP contribution in [0.25, 0.3) is 0 Å². The van der Waals surface area contributed by atoms with Gasteiger partial charge >= 0.3 is 12.0 Å². The van der Waals surface area contributed by atoms with Crippen molar-refractivity contribution in [1.29, 1.82) is 0 Å². The molecule has 100 valence electrons. The highest BCUT2D eigenvalue weighted by atomic mass is 16.4. The number of carboxylic acids is 1. The van der Waals surface area contributed by atoms with E-state index in [0.717, 1.165) is 0 Å². The normalized spacial score (nSPS) is 15.5. The zero-order valence-corrected chi connectivity index (χ0v) is 10.6. The highest BCUT2D eigenvalue weighted by Gasteiger charge is 2.21. The van der Waals surface area contributed by atoms with E-state index < -0.39 is 24.0 Å². The van der Waals surface area contributed by atoms with Crippen LogP contribution in [-0.2, 0) is 4.79 Å². The van der Waals surface area contributed by atoms with Crippen molar-refractivity contribution in [2.24, 2.45) is 5.92 Å². The fourth-order valence-electron chi connectivity index (χ4n) is 1.39. The second-order valence-electron chi connectivity index (χ2n) is 4.27. The van der Waals surface area contributed by atoms with Gasteiger partial charge in [0.1, 0.15) is 5.76 Å². The molecule has 1 aromatic rings. The molecule has 18 heavy (non-hydrogen) atoms. The summed E-state index contributed by atoms with van der Waals surface area (Å²) >= 11 is 0. The summed E-state index contributed by atoms with van der Waals surface area (Å²) in [5.74, 6) is -0.944. The SMILES string of the molecule is CC(NC(=O)NC(C)C(C)C(=O)O)c1ccco1. The summed E-state index contributed by atoms with van der Waals surface area (Å²) < 4.78 is 5.15. The molecule has 0 aromatic carbocycles. The molecule has 2 amide bonds. The van der Waals surface area contributed by atoms with Crippen LogP contribution in [0.5, 0.6) is 0 Å². The van der Waals surface area contributed by atoms with Crippen LogP contribution in [0.4, 0.5) is 4.79 Å². The van der Waals surface area contributed by atoms with Gasteiger partial charge in [0.15, 0.2) is 0 Å². The van der Waals surface area contributed by atoms with Crippen molar-refractivity contribution in [1.82, 2.24) is 10.6 Å². The summed E-state index contributed by atoms with van der Waals surface area (Å²) in [5.41, 5.74) is 0. The Morgan fingerprint density at radius 3 is 2.44 bits per heavy atom. The van der Waals surface area contributed by atoms with Gasteiger partial charge in [-0.15, -0.1) is 0 Å². The Labute approximate surface area is 105 Å². The molecular weight excluding hydrogens is 236 g/mol. The van der Waals surface area contributed by atoms with Gasteiger partial charge in [-0.1, -0.05) is 0 Å². The first kappa shape index (κ1) is 14.1. The maximum atomic E-state index is 11.6. The van der Waals surface area contributed by atoms with Gasteiger partial charge in [-0.2, -0.15) is 0 Å². The van der Waals surface area contributed by atoms with E-state index in [1.165, 1.54) is 6.26 Å². The molecule has 1 heterocycles. The Morgan fingerprint density at radius 2 is 1.94 bits per heavy atom. The smallest absolute Gasteiger partial charge is 0.315 e. The second kappa shape index (κ2) is 6.09. The largest absolute Gasteiger partial charge is 0.481 e. The molecule has 6 nitrogen and oxygen atoms in total. The predicted octanol–water partition coefficient (Wildman–Crippen LogP) is 1.75. The number of carboxylic acid groups (broad SMARTS) is 1. The van der Waals surface area contributed by atoms with Gasteiger partial charge in [0.25, 0.3) is 0 Å². The number of nitrogens with one attached hydrogen (secondary N) is 2. The quantitative estimate of drug-likeness (QED) is 0.746. The van der Waals surface area contributed by atoms with Crippen LogP contribution in [0.15, 0.2) is 22.8 Å². The summed E-state index contributed by atoms with van der Waals surface area (Å²) in [4.78, 5) is 22.4. The third kappa shape index (κ3) is 3.80. The lowest BCUT2D eigenvalue weighted by atomic mass is 10.0. The molecule has 3 N–H and O–H groups in total. The zero-order chi connectivity index (χ0) is 13.7. The molecule has 0 radical (unpaired) electrons. The van der Waals surface area contributed by atoms with Gasteiger partial charge < -0.3 is 20.2 Å². The number of furan rings is 1. The molecule has 0 aliphatic carbocycles. The molecular formula is C12H18N2O4. The molecule has 0 saturated heterocycles. The number of rotatable bonds is 5. The van der Waals surface area contributed by atoms with E-state index in [0.29, 0.717) is 5.76 Å². The molecule has 1 aromatic heterocycles. The van der Waals surface area contributed by atoms with Crippen molar-refractivity contribution in [3.8, 4) is 0 Å². The van der Waals surface area contributed by atoms with Gasteiger partial charge in [0.05, 0.1) is 18.2 Å². The molecule has 0 spiro atoms. The Kier molecular flexibility index (Phi) is 4.76. The molecule has 0 saturated carbocycles. The molecule has 3 unspecified atom stereocenters. The highest BCUT2D eigenvalue weighted by molar-refractivity contribution is 5.76. The molecule has 0 aliphatic heterocycles. The minimum Gasteiger partial charge on any atom is -0.481 e. The molecule has 0 aliphatic rings. The third-order valence-electron chi connectivity index (χ3n) is 2.82. The van der Waals surface area contributed by atoms with Crippen molar-refractivity contribution >= 4 is 12.0 Å². The van der Waals surface area contributed by atoms with Gasteiger partial charge in [-0.05, 0) is 32.9 Å². The fraction of sp³-hybridized carbons (Fsp3) is 0.500. The number of carbonyl (C=O) groups excluding carboxylic acids is 1. The summed E-state index contributed by atoms with van der Waals surface area (Å²) in [6, 6.07) is 2.35. The maximum Gasteiger partial charge on any atom is 0.315 e. The van der Waals surface area contributed by atoms with Crippen molar-refractivity contribution < 1.29 is 19.1 Å². The van der Waals surface area contributed by atoms with E-state index in [9.17, 15) is 9.59 Å². The summed E-state index contributed by atoms with van der Waals surface area (Å²) in [6.07, 6.45) is 1.53. The van der Waals surface area contributed by atoms with E-state index in [2.05, 4.69) is 10.6 Å². The minimum absolute atomic E-state index is 0.271. The van der Waals surface area contributed by atoms with Gasteiger partial charge in [0, 0.05) is 6.04 Å². The average Bonchev–Trinajstić information content (AvgIpc) is 2.80. The third-order valence-corrected chi connectivity index (χ3v) is 2.82. The van der Waals surface area contributed by atoms with Gasteiger partial charge in [-0.25, -0.2) is 4.79 Å². The minimum atomic E-state index is -0.943. The summed E-state index contributed by atoms with van der Waals surface area (Å²) in [7, 11) is 0. The van der Waals surface area contributed by atoms with E-state index in [1.807, 2.05) is 0 Å². The molecule has 6 heteroatoms. The standard InChI is InChI=1S/C12H18N2O4/c1-7(11(15)16)8(2)13-12(17)14-9(3)10-5-4-6-18-10/h4-9H,1-3H3,(H,15,16)(H2,13,14,17). The zero-order valence-electron chi connectivity index (χ0n) is 10.6. The number of hydrogen-bond donors (Lipinski definition) is 3. The number of carbonyl (C=O) groups is 2. The van der Waals surface area contributed by atoms with Crippen LogP contribution in [0.3, 0.4) is 0 Å². The Bertz CT molecular complexity index is 402. The number of hydrogen-bond acceptors (Lipinski definition) is 3. The Balaban J connectivity index is 2.44. The molecule has 3 atom stereocenters. The van der Waals surface area contributed by atoms with Crippen molar-refractivity contribution in [3.63, 3.8) is 0 Å². The predicted molar refractivity (Wildman–Crippen MR) is 65.1 cm³/mol. The van der Waals surface area contributed by atoms with Crippen molar-refractivity contribution in [2.75, 3.05) is 0 Å². The second-order valence-corrected chi connectivity index (χ2v) is 4.27. The first-order valence-corrected chi connectivity index (χ1v) is 5.75. The van der Waals surface area contributed by atoms with Crippen LogP contribution in [0.2, 0.25) is 0 Å².